The van der Waals surface area contributed by atoms with Crippen molar-refractivity contribution in [1.82, 2.24) is 10.3 Å². The van der Waals surface area contributed by atoms with E-state index in [2.05, 4.69) is 10.3 Å². The van der Waals surface area contributed by atoms with E-state index in [-0.39, 0.29) is 30.2 Å². The van der Waals surface area contributed by atoms with Crippen LogP contribution in [0.5, 0.6) is 5.75 Å². The summed E-state index contributed by atoms with van der Waals surface area (Å²) in [5.41, 5.74) is 1.61. The third kappa shape index (κ3) is 4.03. The van der Waals surface area contributed by atoms with Crippen molar-refractivity contribution in [2.24, 2.45) is 0 Å². The molecule has 6 heteroatoms. The van der Waals surface area contributed by atoms with E-state index in [4.69, 9.17) is 4.74 Å². The summed E-state index contributed by atoms with van der Waals surface area (Å²) < 4.78 is 18.0. The number of benzene rings is 2. The molecule has 0 bridgehead atoms. The Morgan fingerprint density at radius 2 is 1.92 bits per heavy atom. The number of amides is 1. The number of pyridine rings is 1. The molecular formula is C19H17FN2O3. The minimum Gasteiger partial charge on any atom is -0.497 e. The average molecular weight is 340 g/mol. The maximum Gasteiger partial charge on any atom is 0.253 e. The van der Waals surface area contributed by atoms with Crippen LogP contribution in [0.3, 0.4) is 0 Å². The molecular weight excluding hydrogens is 323 g/mol. The van der Waals surface area contributed by atoms with E-state index in [1.54, 1.807) is 37.4 Å². The molecule has 0 aliphatic carbocycles. The molecule has 0 fully saturated rings. The fourth-order valence-electron chi connectivity index (χ4n) is 2.53. The normalized spacial score (nSPS) is 10.6. The minimum absolute atomic E-state index is 0.114. The number of halogens is 1. The van der Waals surface area contributed by atoms with E-state index >= 15 is 0 Å². The van der Waals surface area contributed by atoms with Crippen molar-refractivity contribution < 1.29 is 13.9 Å². The standard InChI is InChI=1S/C19H17FN2O3/c1-25-16-6-7-17-13(10-16)9-14(19(24)22-17)11-21-18(23)8-12-2-4-15(20)5-3-12/h2-7,9-10H,8,11H2,1H3,(H,21,23)(H,22,24). The maximum atomic E-state index is 12.9. The van der Waals surface area contributed by atoms with Gasteiger partial charge in [0.1, 0.15) is 11.6 Å². The van der Waals surface area contributed by atoms with E-state index < -0.39 is 0 Å². The van der Waals surface area contributed by atoms with Gasteiger partial charge in [0, 0.05) is 23.0 Å². The lowest BCUT2D eigenvalue weighted by Crippen LogP contribution is -2.27. The van der Waals surface area contributed by atoms with Gasteiger partial charge >= 0.3 is 0 Å². The third-order valence-corrected chi connectivity index (χ3v) is 3.88. The van der Waals surface area contributed by atoms with Gasteiger partial charge in [0.05, 0.1) is 13.5 Å². The number of aromatic amines is 1. The predicted molar refractivity (Wildman–Crippen MR) is 93.1 cm³/mol. The van der Waals surface area contributed by atoms with Gasteiger partial charge in [-0.05, 0) is 42.0 Å². The lowest BCUT2D eigenvalue weighted by molar-refractivity contribution is -0.120. The number of aromatic nitrogens is 1. The highest BCUT2D eigenvalue weighted by Crippen LogP contribution is 2.18. The number of carbonyl (C=O) groups is 1. The molecule has 128 valence electrons. The molecule has 3 aromatic rings. The van der Waals surface area contributed by atoms with Gasteiger partial charge in [-0.3, -0.25) is 9.59 Å². The first kappa shape index (κ1) is 16.7. The van der Waals surface area contributed by atoms with Crippen LogP contribution in [-0.4, -0.2) is 18.0 Å². The van der Waals surface area contributed by atoms with Gasteiger partial charge in [0.25, 0.3) is 5.56 Å². The van der Waals surface area contributed by atoms with E-state index in [0.29, 0.717) is 22.4 Å². The van der Waals surface area contributed by atoms with Gasteiger partial charge in [-0.25, -0.2) is 4.39 Å². The number of rotatable bonds is 5. The Balaban J connectivity index is 1.71. The molecule has 0 atom stereocenters. The highest BCUT2D eigenvalue weighted by atomic mass is 19.1. The SMILES string of the molecule is COc1ccc2[nH]c(=O)c(CNC(=O)Cc3ccc(F)cc3)cc2c1. The Bertz CT molecular complexity index is 965. The minimum atomic E-state index is -0.345. The molecule has 0 spiro atoms. The van der Waals surface area contributed by atoms with Gasteiger partial charge < -0.3 is 15.0 Å². The Hall–Kier alpha value is -3.15. The van der Waals surface area contributed by atoms with Crippen molar-refractivity contribution >= 4 is 16.8 Å². The molecule has 0 aliphatic rings. The molecule has 2 aromatic carbocycles. The van der Waals surface area contributed by atoms with E-state index in [9.17, 15) is 14.0 Å². The number of hydrogen-bond donors (Lipinski definition) is 2. The summed E-state index contributed by atoms with van der Waals surface area (Å²) in [6.45, 7) is 0.114. The largest absolute Gasteiger partial charge is 0.497 e. The van der Waals surface area contributed by atoms with Crippen LogP contribution in [0.25, 0.3) is 10.9 Å². The highest BCUT2D eigenvalue weighted by Gasteiger charge is 2.07. The monoisotopic (exact) mass is 340 g/mol. The van der Waals surface area contributed by atoms with Crippen molar-refractivity contribution in [3.05, 3.63) is 75.8 Å². The number of hydrogen-bond acceptors (Lipinski definition) is 3. The van der Waals surface area contributed by atoms with Crippen molar-refractivity contribution in [1.29, 1.82) is 0 Å². The molecule has 3 rings (SSSR count). The predicted octanol–water partition coefficient (Wildman–Crippen LogP) is 2.53. The zero-order valence-corrected chi connectivity index (χ0v) is 13.6. The van der Waals surface area contributed by atoms with Crippen molar-refractivity contribution in [3.63, 3.8) is 0 Å². The quantitative estimate of drug-likeness (QED) is 0.750. The summed E-state index contributed by atoms with van der Waals surface area (Å²) in [6, 6.07) is 12.8. The number of methoxy groups -OCH3 is 1. The first-order valence-corrected chi connectivity index (χ1v) is 7.76. The summed E-state index contributed by atoms with van der Waals surface area (Å²) in [7, 11) is 1.57. The molecule has 0 unspecified atom stereocenters. The zero-order valence-electron chi connectivity index (χ0n) is 13.6. The zero-order chi connectivity index (χ0) is 17.8. The highest BCUT2D eigenvalue weighted by molar-refractivity contribution is 5.81. The van der Waals surface area contributed by atoms with E-state index in [1.807, 2.05) is 6.07 Å². The van der Waals surface area contributed by atoms with Crippen LogP contribution < -0.4 is 15.6 Å². The first-order valence-electron chi connectivity index (χ1n) is 7.76. The summed E-state index contributed by atoms with van der Waals surface area (Å²) in [5, 5.41) is 3.53. The molecule has 2 N–H and O–H groups in total. The molecule has 0 aliphatic heterocycles. The molecule has 0 saturated carbocycles. The number of fused-ring (bicyclic) bond motifs is 1. The maximum absolute atomic E-state index is 12.9. The molecule has 0 saturated heterocycles. The lowest BCUT2D eigenvalue weighted by atomic mass is 10.1. The fourth-order valence-corrected chi connectivity index (χ4v) is 2.53. The second kappa shape index (κ2) is 7.17. The second-order valence-electron chi connectivity index (χ2n) is 5.66. The van der Waals surface area contributed by atoms with Crippen LogP contribution in [0.1, 0.15) is 11.1 Å². The summed E-state index contributed by atoms with van der Waals surface area (Å²) in [6.07, 6.45) is 0.125. The van der Waals surface area contributed by atoms with Gasteiger partial charge in [-0.1, -0.05) is 12.1 Å². The van der Waals surface area contributed by atoms with Crippen molar-refractivity contribution in [3.8, 4) is 5.75 Å². The summed E-state index contributed by atoms with van der Waals surface area (Å²) in [4.78, 5) is 26.9. The smallest absolute Gasteiger partial charge is 0.253 e. The number of ether oxygens (including phenoxy) is 1. The van der Waals surface area contributed by atoms with Gasteiger partial charge in [0.15, 0.2) is 0 Å². The second-order valence-corrected chi connectivity index (χ2v) is 5.66. The van der Waals surface area contributed by atoms with Crippen molar-refractivity contribution in [2.45, 2.75) is 13.0 Å². The van der Waals surface area contributed by atoms with Crippen LogP contribution in [0, 0.1) is 5.82 Å². The molecule has 1 aromatic heterocycles. The topological polar surface area (TPSA) is 71.2 Å². The van der Waals surface area contributed by atoms with Crippen molar-refractivity contribution in [2.75, 3.05) is 7.11 Å². The Labute approximate surface area is 143 Å². The van der Waals surface area contributed by atoms with Crippen LogP contribution >= 0.6 is 0 Å². The third-order valence-electron chi connectivity index (χ3n) is 3.88. The summed E-state index contributed by atoms with van der Waals surface area (Å²) >= 11 is 0. The molecule has 5 nitrogen and oxygen atoms in total. The molecule has 1 amide bonds. The van der Waals surface area contributed by atoms with Crippen LogP contribution in [0.2, 0.25) is 0 Å². The summed E-state index contributed by atoms with van der Waals surface area (Å²) in [5.74, 6) is 0.102. The molecule has 1 heterocycles. The Morgan fingerprint density at radius 3 is 2.64 bits per heavy atom. The van der Waals surface area contributed by atoms with Crippen LogP contribution in [0.15, 0.2) is 53.3 Å². The lowest BCUT2D eigenvalue weighted by Gasteiger charge is -2.07. The molecule has 0 radical (unpaired) electrons. The van der Waals surface area contributed by atoms with Gasteiger partial charge in [-0.15, -0.1) is 0 Å². The van der Waals surface area contributed by atoms with Crippen LogP contribution in [-0.2, 0) is 17.8 Å². The van der Waals surface area contributed by atoms with E-state index in [0.717, 1.165) is 5.39 Å². The fraction of sp³-hybridized carbons (Fsp3) is 0.158. The Morgan fingerprint density at radius 1 is 1.16 bits per heavy atom. The Kier molecular flexibility index (Phi) is 4.79. The number of nitrogens with one attached hydrogen (secondary N) is 2. The number of H-pyrrole nitrogens is 1. The van der Waals surface area contributed by atoms with Gasteiger partial charge in [-0.2, -0.15) is 0 Å². The first-order chi connectivity index (χ1) is 12.0. The van der Waals surface area contributed by atoms with Crippen LogP contribution in [0.4, 0.5) is 4.39 Å². The average Bonchev–Trinajstić information content (AvgIpc) is 2.61. The van der Waals surface area contributed by atoms with E-state index in [1.165, 1.54) is 12.1 Å². The van der Waals surface area contributed by atoms with Gasteiger partial charge in [0.2, 0.25) is 5.91 Å². The molecule has 25 heavy (non-hydrogen) atoms. The number of carbonyl (C=O) groups excluding carboxylic acids is 1.